The molecule has 2 nitrogen and oxygen atoms in total. The van der Waals surface area contributed by atoms with Gasteiger partial charge in [-0.05, 0) is 48.1 Å². The van der Waals surface area contributed by atoms with Crippen LogP contribution in [-0.2, 0) is 13.0 Å². The van der Waals surface area contributed by atoms with Crippen LogP contribution in [0.4, 0.5) is 0 Å². The second-order valence-electron chi connectivity index (χ2n) is 4.46. The molecule has 0 amide bonds. The van der Waals surface area contributed by atoms with Crippen LogP contribution in [0.5, 0.6) is 5.75 Å². The Hall–Kier alpha value is -1.61. The summed E-state index contributed by atoms with van der Waals surface area (Å²) in [6, 6.07) is 9.90. The first-order chi connectivity index (χ1) is 8.83. The van der Waals surface area contributed by atoms with Gasteiger partial charge in [0.1, 0.15) is 12.4 Å². The van der Waals surface area contributed by atoms with Crippen molar-refractivity contribution in [2.24, 2.45) is 0 Å². The number of carbonyl (C=O) groups excluding carboxylic acids is 1. The van der Waals surface area contributed by atoms with Gasteiger partial charge in [0.2, 0.25) is 0 Å². The van der Waals surface area contributed by atoms with Crippen molar-refractivity contribution in [2.75, 3.05) is 0 Å². The van der Waals surface area contributed by atoms with Crippen molar-refractivity contribution in [3.63, 3.8) is 0 Å². The zero-order valence-electron chi connectivity index (χ0n) is 10.0. The molecule has 1 heterocycles. The van der Waals surface area contributed by atoms with Gasteiger partial charge in [0.05, 0.1) is 0 Å². The lowest BCUT2D eigenvalue weighted by Crippen LogP contribution is -2.10. The summed E-state index contributed by atoms with van der Waals surface area (Å²) in [6.45, 7) is 0.602. The molecule has 0 radical (unpaired) electrons. The third-order valence-corrected chi connectivity index (χ3v) is 4.04. The highest BCUT2D eigenvalue weighted by Crippen LogP contribution is 2.26. The molecule has 3 heteroatoms. The van der Waals surface area contributed by atoms with Crippen molar-refractivity contribution in [1.82, 2.24) is 0 Å². The average Bonchev–Trinajstić information content (AvgIpc) is 2.90. The molecule has 1 aromatic heterocycles. The maximum atomic E-state index is 11.7. The third kappa shape index (κ3) is 2.31. The fourth-order valence-electron chi connectivity index (χ4n) is 2.26. The highest BCUT2D eigenvalue weighted by molar-refractivity contribution is 7.09. The molecule has 0 unspecified atom stereocenters. The summed E-state index contributed by atoms with van der Waals surface area (Å²) in [7, 11) is 0. The van der Waals surface area contributed by atoms with E-state index in [9.17, 15) is 4.79 Å². The van der Waals surface area contributed by atoms with Crippen molar-refractivity contribution in [1.29, 1.82) is 0 Å². The number of hydrogen-bond donors (Lipinski definition) is 0. The Morgan fingerprint density at radius 2 is 2.17 bits per heavy atom. The summed E-state index contributed by atoms with van der Waals surface area (Å²) < 4.78 is 5.75. The maximum Gasteiger partial charge on any atom is 0.163 e. The first-order valence-corrected chi connectivity index (χ1v) is 7.02. The molecular weight excluding hydrogens is 244 g/mol. The molecule has 0 N–H and O–H groups in total. The van der Waals surface area contributed by atoms with Gasteiger partial charge < -0.3 is 4.74 Å². The van der Waals surface area contributed by atoms with Gasteiger partial charge in [-0.15, -0.1) is 11.3 Å². The standard InChI is InChI=1S/C15H14O2S/c16-15-5-1-3-11-9-12(6-7-14(11)15)17-10-13-4-2-8-18-13/h2,4,6-9H,1,3,5,10H2. The van der Waals surface area contributed by atoms with E-state index in [1.165, 1.54) is 4.88 Å². The van der Waals surface area contributed by atoms with Gasteiger partial charge in [0.25, 0.3) is 0 Å². The molecule has 0 saturated heterocycles. The minimum Gasteiger partial charge on any atom is -0.488 e. The summed E-state index contributed by atoms with van der Waals surface area (Å²) in [6.07, 6.45) is 2.62. The molecule has 0 fully saturated rings. The highest BCUT2D eigenvalue weighted by atomic mass is 32.1. The Kier molecular flexibility index (Phi) is 3.15. The van der Waals surface area contributed by atoms with E-state index in [0.717, 1.165) is 29.7 Å². The van der Waals surface area contributed by atoms with Gasteiger partial charge in [-0.1, -0.05) is 6.07 Å². The van der Waals surface area contributed by atoms with Crippen molar-refractivity contribution >= 4 is 17.1 Å². The smallest absolute Gasteiger partial charge is 0.163 e. The van der Waals surface area contributed by atoms with Crippen LogP contribution in [0.15, 0.2) is 35.7 Å². The molecule has 0 aliphatic heterocycles. The quantitative estimate of drug-likeness (QED) is 0.836. The fraction of sp³-hybridized carbons (Fsp3) is 0.267. The Morgan fingerprint density at radius 1 is 1.22 bits per heavy atom. The second kappa shape index (κ2) is 4.94. The minimum absolute atomic E-state index is 0.265. The van der Waals surface area contributed by atoms with Crippen LogP contribution in [0, 0.1) is 0 Å². The Morgan fingerprint density at radius 3 is 3.00 bits per heavy atom. The van der Waals surface area contributed by atoms with Crippen LogP contribution in [0.3, 0.4) is 0 Å². The first-order valence-electron chi connectivity index (χ1n) is 6.14. The van der Waals surface area contributed by atoms with E-state index in [1.54, 1.807) is 11.3 Å². The van der Waals surface area contributed by atoms with E-state index in [0.29, 0.717) is 13.0 Å². The first kappa shape index (κ1) is 11.5. The molecule has 0 saturated carbocycles. The van der Waals surface area contributed by atoms with E-state index in [2.05, 4.69) is 6.07 Å². The van der Waals surface area contributed by atoms with E-state index in [-0.39, 0.29) is 5.78 Å². The number of fused-ring (bicyclic) bond motifs is 1. The lowest BCUT2D eigenvalue weighted by atomic mass is 9.91. The monoisotopic (exact) mass is 258 g/mol. The largest absolute Gasteiger partial charge is 0.488 e. The molecule has 0 atom stereocenters. The SMILES string of the molecule is O=C1CCCc2cc(OCc3cccs3)ccc21. The van der Waals surface area contributed by atoms with Gasteiger partial charge >= 0.3 is 0 Å². The van der Waals surface area contributed by atoms with E-state index >= 15 is 0 Å². The number of ketones is 1. The molecule has 0 spiro atoms. The zero-order chi connectivity index (χ0) is 12.4. The predicted octanol–water partition coefficient (Wildman–Crippen LogP) is 3.85. The van der Waals surface area contributed by atoms with Crippen LogP contribution in [0.2, 0.25) is 0 Å². The number of hydrogen-bond acceptors (Lipinski definition) is 3. The zero-order valence-corrected chi connectivity index (χ0v) is 10.8. The lowest BCUT2D eigenvalue weighted by Gasteiger charge is -2.15. The van der Waals surface area contributed by atoms with E-state index in [4.69, 9.17) is 4.74 Å². The van der Waals surface area contributed by atoms with Crippen molar-refractivity contribution in [3.05, 3.63) is 51.7 Å². The van der Waals surface area contributed by atoms with Gasteiger partial charge in [0, 0.05) is 16.9 Å². The predicted molar refractivity (Wildman–Crippen MR) is 72.4 cm³/mol. The number of carbonyl (C=O) groups is 1. The summed E-state index contributed by atoms with van der Waals surface area (Å²) >= 11 is 1.69. The lowest BCUT2D eigenvalue weighted by molar-refractivity contribution is 0.0972. The average molecular weight is 258 g/mol. The number of thiophene rings is 1. The van der Waals surface area contributed by atoms with Gasteiger partial charge in [-0.3, -0.25) is 4.79 Å². The number of ether oxygens (including phenoxy) is 1. The molecular formula is C15H14O2S. The van der Waals surface area contributed by atoms with Crippen LogP contribution in [0.25, 0.3) is 0 Å². The highest BCUT2D eigenvalue weighted by Gasteiger charge is 2.17. The molecule has 1 aliphatic rings. The molecule has 92 valence electrons. The van der Waals surface area contributed by atoms with E-state index in [1.807, 2.05) is 29.6 Å². The molecule has 3 rings (SSSR count). The Labute approximate surface area is 110 Å². The summed E-state index contributed by atoms with van der Waals surface area (Å²) in [5.74, 6) is 1.12. The minimum atomic E-state index is 0.265. The van der Waals surface area contributed by atoms with Crippen LogP contribution in [-0.4, -0.2) is 5.78 Å². The van der Waals surface area contributed by atoms with Crippen LogP contribution >= 0.6 is 11.3 Å². The van der Waals surface area contributed by atoms with Crippen molar-refractivity contribution in [3.8, 4) is 5.75 Å². The fourth-order valence-corrected chi connectivity index (χ4v) is 2.88. The number of benzene rings is 1. The van der Waals surface area contributed by atoms with Gasteiger partial charge in [-0.25, -0.2) is 0 Å². The Balaban J connectivity index is 1.76. The normalized spacial score (nSPS) is 14.3. The molecule has 2 aromatic rings. The van der Waals surface area contributed by atoms with Crippen molar-refractivity contribution < 1.29 is 9.53 Å². The van der Waals surface area contributed by atoms with Crippen LogP contribution in [0.1, 0.15) is 33.6 Å². The molecule has 1 aliphatic carbocycles. The number of Topliss-reactive ketones (excluding diaryl/α,β-unsaturated/α-hetero) is 1. The molecule has 1 aromatic carbocycles. The summed E-state index contributed by atoms with van der Waals surface area (Å²) in [4.78, 5) is 12.9. The number of rotatable bonds is 3. The summed E-state index contributed by atoms with van der Waals surface area (Å²) in [5.41, 5.74) is 2.01. The maximum absolute atomic E-state index is 11.7. The number of aryl methyl sites for hydroxylation is 1. The third-order valence-electron chi connectivity index (χ3n) is 3.19. The van der Waals surface area contributed by atoms with Gasteiger partial charge in [0.15, 0.2) is 5.78 Å². The topological polar surface area (TPSA) is 26.3 Å². The summed E-state index contributed by atoms with van der Waals surface area (Å²) in [5, 5.41) is 2.05. The van der Waals surface area contributed by atoms with Crippen LogP contribution < -0.4 is 4.74 Å². The molecule has 0 bridgehead atoms. The Bertz CT molecular complexity index is 558. The van der Waals surface area contributed by atoms with E-state index < -0.39 is 0 Å². The van der Waals surface area contributed by atoms with Gasteiger partial charge in [-0.2, -0.15) is 0 Å². The molecule has 18 heavy (non-hydrogen) atoms. The second-order valence-corrected chi connectivity index (χ2v) is 5.50. The van der Waals surface area contributed by atoms with Crippen molar-refractivity contribution in [2.45, 2.75) is 25.9 Å².